The van der Waals surface area contributed by atoms with Crippen molar-refractivity contribution >= 4 is 17.6 Å². The quantitative estimate of drug-likeness (QED) is 0.570. The molecule has 2 N–H and O–H groups in total. The number of benzene rings is 2. The zero-order chi connectivity index (χ0) is 20.1. The second-order valence-electron chi connectivity index (χ2n) is 6.34. The lowest BCUT2D eigenvalue weighted by molar-refractivity contribution is -0.385. The van der Waals surface area contributed by atoms with Crippen molar-refractivity contribution in [3.8, 4) is 0 Å². The number of carbonyl (C=O) groups is 2. The first-order valence-electron chi connectivity index (χ1n) is 8.25. The zero-order valence-corrected chi connectivity index (χ0v) is 14.8. The number of hydrogen-bond acceptors (Lipinski definition) is 4. The fraction of sp³-hybridized carbons (Fsp3) is 0.263. The molecule has 0 fully saturated rings. The first kappa shape index (κ1) is 20.0. The number of hydrogen-bond donors (Lipinski definition) is 2. The monoisotopic (exact) mass is 374 g/mol. The lowest BCUT2D eigenvalue weighted by atomic mass is 9.98. The number of nitro groups is 1. The Kier molecular flexibility index (Phi) is 6.23. The number of amides is 1. The largest absolute Gasteiger partial charge is 0.481 e. The second kappa shape index (κ2) is 8.39. The molecule has 2 rings (SSSR count). The lowest BCUT2D eigenvalue weighted by Crippen LogP contribution is -2.31. The Hall–Kier alpha value is -3.29. The Bertz CT molecular complexity index is 865. The van der Waals surface area contributed by atoms with Gasteiger partial charge in [-0.05, 0) is 29.7 Å². The van der Waals surface area contributed by atoms with Gasteiger partial charge in [-0.3, -0.25) is 19.7 Å². The molecule has 2 aromatic carbocycles. The van der Waals surface area contributed by atoms with Crippen LogP contribution in [-0.2, 0) is 4.79 Å². The molecule has 0 bridgehead atoms. The average Bonchev–Trinajstić information content (AvgIpc) is 2.62. The van der Waals surface area contributed by atoms with E-state index in [4.69, 9.17) is 0 Å². The van der Waals surface area contributed by atoms with Crippen molar-refractivity contribution in [1.82, 2.24) is 5.32 Å². The van der Waals surface area contributed by atoms with Gasteiger partial charge in [0.05, 0.1) is 10.8 Å². The number of carboxylic acid groups (broad SMARTS) is 1. The van der Waals surface area contributed by atoms with Gasteiger partial charge in [-0.25, -0.2) is 4.39 Å². The molecule has 8 heteroatoms. The summed E-state index contributed by atoms with van der Waals surface area (Å²) in [5.41, 5.74) is 0.747. The van der Waals surface area contributed by atoms with E-state index < -0.39 is 28.5 Å². The van der Waals surface area contributed by atoms with Crippen LogP contribution in [0.1, 0.15) is 47.2 Å². The summed E-state index contributed by atoms with van der Waals surface area (Å²) in [5.74, 6) is -3.45. The molecule has 0 saturated heterocycles. The summed E-state index contributed by atoms with van der Waals surface area (Å²) >= 11 is 0. The van der Waals surface area contributed by atoms with E-state index in [0.717, 1.165) is 12.1 Å². The van der Waals surface area contributed by atoms with Crippen LogP contribution < -0.4 is 5.32 Å². The third-order valence-corrected chi connectivity index (χ3v) is 4.15. The van der Waals surface area contributed by atoms with E-state index in [-0.39, 0.29) is 23.7 Å². The Morgan fingerprint density at radius 1 is 1.19 bits per heavy atom. The van der Waals surface area contributed by atoms with Crippen molar-refractivity contribution < 1.29 is 24.0 Å². The molecule has 0 aliphatic rings. The van der Waals surface area contributed by atoms with Crippen LogP contribution >= 0.6 is 0 Å². The highest BCUT2D eigenvalue weighted by atomic mass is 19.1. The highest BCUT2D eigenvalue weighted by Crippen LogP contribution is 2.27. The van der Waals surface area contributed by atoms with Crippen LogP contribution in [0.3, 0.4) is 0 Å². The minimum atomic E-state index is -1.18. The highest BCUT2D eigenvalue weighted by Gasteiger charge is 2.23. The fourth-order valence-corrected chi connectivity index (χ4v) is 2.67. The topological polar surface area (TPSA) is 110 Å². The number of nitro benzene ring substituents is 1. The Labute approximate surface area is 155 Å². The van der Waals surface area contributed by atoms with Crippen molar-refractivity contribution in [3.63, 3.8) is 0 Å². The van der Waals surface area contributed by atoms with Crippen molar-refractivity contribution in [2.45, 2.75) is 25.7 Å². The molecule has 0 saturated carbocycles. The van der Waals surface area contributed by atoms with Crippen LogP contribution in [0.15, 0.2) is 42.5 Å². The summed E-state index contributed by atoms with van der Waals surface area (Å²) in [7, 11) is 0. The van der Waals surface area contributed by atoms with Gasteiger partial charge in [0, 0.05) is 23.7 Å². The fourth-order valence-electron chi connectivity index (χ4n) is 2.67. The summed E-state index contributed by atoms with van der Waals surface area (Å²) in [6.45, 7) is 3.38. The number of carbonyl (C=O) groups excluding carboxylic acids is 1. The van der Waals surface area contributed by atoms with E-state index in [1.54, 1.807) is 0 Å². The molecule has 27 heavy (non-hydrogen) atoms. The minimum Gasteiger partial charge on any atom is -0.481 e. The summed E-state index contributed by atoms with van der Waals surface area (Å²) in [4.78, 5) is 34.5. The van der Waals surface area contributed by atoms with E-state index in [1.807, 2.05) is 13.8 Å². The van der Waals surface area contributed by atoms with E-state index in [2.05, 4.69) is 5.32 Å². The molecule has 7 nitrogen and oxygen atoms in total. The zero-order valence-electron chi connectivity index (χ0n) is 14.8. The second-order valence-corrected chi connectivity index (χ2v) is 6.34. The van der Waals surface area contributed by atoms with Crippen molar-refractivity contribution in [3.05, 3.63) is 75.1 Å². The summed E-state index contributed by atoms with van der Waals surface area (Å²) in [5, 5.41) is 23.1. The van der Waals surface area contributed by atoms with E-state index in [0.29, 0.717) is 11.1 Å². The van der Waals surface area contributed by atoms with Crippen molar-refractivity contribution in [2.24, 2.45) is 0 Å². The van der Waals surface area contributed by atoms with Gasteiger partial charge >= 0.3 is 5.97 Å². The smallest absolute Gasteiger partial charge is 0.312 e. The molecule has 0 aliphatic carbocycles. The van der Waals surface area contributed by atoms with Crippen LogP contribution in [0.25, 0.3) is 0 Å². The molecular weight excluding hydrogens is 355 g/mol. The Morgan fingerprint density at radius 3 is 2.33 bits per heavy atom. The number of nitrogens with zero attached hydrogens (tertiary/aromatic N) is 1. The Morgan fingerprint density at radius 2 is 1.81 bits per heavy atom. The molecular formula is C19H19FN2O5. The maximum Gasteiger partial charge on any atom is 0.312 e. The maximum atomic E-state index is 13.0. The molecule has 0 aromatic heterocycles. The van der Waals surface area contributed by atoms with Crippen molar-refractivity contribution in [1.29, 1.82) is 0 Å². The molecule has 0 radical (unpaired) electrons. The standard InChI is InChI=1S/C19H19FN2O5/c1-11(2)15-8-5-13(9-17(15)22(26)27)18(23)21-10-16(19(24)25)12-3-6-14(20)7-4-12/h3-9,11,16H,10H2,1-2H3,(H,21,23)(H,24,25). The van der Waals surface area contributed by atoms with Gasteiger partial charge in [0.2, 0.25) is 0 Å². The SMILES string of the molecule is CC(C)c1ccc(C(=O)NCC(C(=O)O)c2ccc(F)cc2)cc1[N+](=O)[O-]. The van der Waals surface area contributed by atoms with Crippen LogP contribution in [0.5, 0.6) is 0 Å². The van der Waals surface area contributed by atoms with Crippen molar-refractivity contribution in [2.75, 3.05) is 6.54 Å². The predicted octanol–water partition coefficient (Wildman–Crippen LogP) is 3.46. The number of carboxylic acids is 1. The molecule has 0 spiro atoms. The van der Waals surface area contributed by atoms with Gasteiger partial charge < -0.3 is 10.4 Å². The molecule has 0 aliphatic heterocycles. The maximum absolute atomic E-state index is 13.0. The normalized spacial score (nSPS) is 11.9. The van der Waals surface area contributed by atoms with Gasteiger partial charge in [0.1, 0.15) is 5.82 Å². The number of aliphatic carboxylic acids is 1. The van der Waals surface area contributed by atoms with Gasteiger partial charge in [-0.15, -0.1) is 0 Å². The molecule has 0 heterocycles. The van der Waals surface area contributed by atoms with Gasteiger partial charge in [-0.1, -0.05) is 32.0 Å². The highest BCUT2D eigenvalue weighted by molar-refractivity contribution is 5.95. The molecule has 2 aromatic rings. The molecule has 1 atom stereocenters. The van der Waals surface area contributed by atoms with E-state index in [1.165, 1.54) is 30.3 Å². The van der Waals surface area contributed by atoms with Crippen LogP contribution in [0.4, 0.5) is 10.1 Å². The van der Waals surface area contributed by atoms with E-state index in [9.17, 15) is 29.2 Å². The average molecular weight is 374 g/mol. The predicted molar refractivity (Wildman–Crippen MR) is 96.3 cm³/mol. The van der Waals surface area contributed by atoms with E-state index >= 15 is 0 Å². The van der Waals surface area contributed by atoms with Crippen LogP contribution in [-0.4, -0.2) is 28.5 Å². The third-order valence-electron chi connectivity index (χ3n) is 4.15. The summed E-state index contributed by atoms with van der Waals surface area (Å²) in [6.07, 6.45) is 0. The minimum absolute atomic E-state index is 0.0642. The molecule has 142 valence electrons. The summed E-state index contributed by atoms with van der Waals surface area (Å²) < 4.78 is 13.0. The molecule has 1 unspecified atom stereocenters. The first-order valence-corrected chi connectivity index (χ1v) is 8.25. The number of nitrogens with one attached hydrogen (secondary N) is 1. The first-order chi connectivity index (χ1) is 12.7. The lowest BCUT2D eigenvalue weighted by Gasteiger charge is -2.14. The van der Waals surface area contributed by atoms with Gasteiger partial charge in [0.15, 0.2) is 0 Å². The number of rotatable bonds is 7. The summed E-state index contributed by atoms with van der Waals surface area (Å²) in [6, 6.07) is 9.11. The van der Waals surface area contributed by atoms with Crippen LogP contribution in [0.2, 0.25) is 0 Å². The van der Waals surface area contributed by atoms with Gasteiger partial charge in [0.25, 0.3) is 11.6 Å². The number of halogens is 1. The third kappa shape index (κ3) is 4.87. The Balaban J connectivity index is 2.18. The van der Waals surface area contributed by atoms with Gasteiger partial charge in [-0.2, -0.15) is 0 Å². The van der Waals surface area contributed by atoms with Crippen LogP contribution in [0, 0.1) is 15.9 Å². The molecule has 1 amide bonds.